The van der Waals surface area contributed by atoms with Gasteiger partial charge >= 0.3 is 0 Å². The van der Waals surface area contributed by atoms with E-state index < -0.39 is 18.2 Å². The van der Waals surface area contributed by atoms with E-state index in [2.05, 4.69) is 12.2 Å². The van der Waals surface area contributed by atoms with Gasteiger partial charge in [-0.15, -0.1) is 0 Å². The van der Waals surface area contributed by atoms with Gasteiger partial charge in [0.15, 0.2) is 0 Å². The van der Waals surface area contributed by atoms with Crippen molar-refractivity contribution in [2.45, 2.75) is 18.2 Å². The summed E-state index contributed by atoms with van der Waals surface area (Å²) < 4.78 is 0. The van der Waals surface area contributed by atoms with Crippen LogP contribution in [-0.4, -0.2) is 45.5 Å². The van der Waals surface area contributed by atoms with Crippen molar-refractivity contribution in [1.29, 1.82) is 0 Å². The van der Waals surface area contributed by atoms with Gasteiger partial charge < -0.3 is 21.1 Å². The van der Waals surface area contributed by atoms with E-state index in [9.17, 15) is 0 Å². The molecule has 0 rings (SSSR count). The van der Waals surface area contributed by atoms with Crippen molar-refractivity contribution in [3.63, 3.8) is 0 Å². The Morgan fingerprint density at radius 2 is 2.00 bits per heavy atom. The average molecular weight is 165 g/mol. The molecular weight excluding hydrogens is 154 g/mol. The fourth-order valence-electron chi connectivity index (χ4n) is 0.442. The molecule has 0 fully saturated rings. The van der Waals surface area contributed by atoms with Gasteiger partial charge in [0, 0.05) is 5.37 Å². The van der Waals surface area contributed by atoms with Crippen molar-refractivity contribution < 1.29 is 15.3 Å². The molecule has 4 nitrogen and oxygen atoms in total. The van der Waals surface area contributed by atoms with Crippen LogP contribution in [0.2, 0.25) is 0 Å². The molecule has 3 atom stereocenters. The monoisotopic (exact) mass is 165 g/mol. The van der Waals surface area contributed by atoms with Crippen LogP contribution in [0.4, 0.5) is 0 Å². The van der Waals surface area contributed by atoms with Crippen molar-refractivity contribution in [2.24, 2.45) is 5.73 Å². The minimum absolute atomic E-state index is 0.374. The number of aliphatic hydroxyl groups is 3. The van der Waals surface area contributed by atoms with Crippen molar-refractivity contribution in [2.75, 3.05) is 6.61 Å². The molecule has 5 heteroatoms. The second kappa shape index (κ2) is 4.70. The Balaban J connectivity index is 3.80. The minimum atomic E-state index is -1.18. The van der Waals surface area contributed by atoms with E-state index in [4.69, 9.17) is 21.1 Å². The Bertz CT molecular complexity index is 111. The molecule has 0 aliphatic carbocycles. The maximum absolute atomic E-state index is 8.95. The highest BCUT2D eigenvalue weighted by molar-refractivity contribution is 7.79. The summed E-state index contributed by atoms with van der Waals surface area (Å²) in [7, 11) is 0. The standard InChI is InChI=1S/C5H11NO3S/c6-3(1-7)5(9)4(8)2-10/h2-5,7-9H,1,6H2/t3-,4+,5+/m0/s1. The Labute approximate surface area is 64.3 Å². The lowest BCUT2D eigenvalue weighted by Gasteiger charge is -2.18. The van der Waals surface area contributed by atoms with Crippen molar-refractivity contribution in [3.05, 3.63) is 0 Å². The van der Waals surface area contributed by atoms with E-state index in [0.717, 1.165) is 5.37 Å². The number of nitrogens with two attached hydrogens (primary N) is 1. The molecule has 0 heterocycles. The van der Waals surface area contributed by atoms with Crippen LogP contribution < -0.4 is 5.73 Å². The molecule has 0 radical (unpaired) electrons. The zero-order valence-corrected chi connectivity index (χ0v) is 6.16. The highest BCUT2D eigenvalue weighted by Crippen LogP contribution is 1.94. The zero-order valence-electron chi connectivity index (χ0n) is 5.34. The third kappa shape index (κ3) is 2.68. The topological polar surface area (TPSA) is 86.7 Å². The van der Waals surface area contributed by atoms with Crippen LogP contribution >= 0.6 is 12.2 Å². The summed E-state index contributed by atoms with van der Waals surface area (Å²) in [6.07, 6.45) is -2.32. The highest BCUT2D eigenvalue weighted by atomic mass is 32.1. The maximum Gasteiger partial charge on any atom is 0.110 e. The Morgan fingerprint density at radius 1 is 1.50 bits per heavy atom. The van der Waals surface area contributed by atoms with Gasteiger partial charge in [0.2, 0.25) is 0 Å². The van der Waals surface area contributed by atoms with E-state index in [0.29, 0.717) is 0 Å². The minimum Gasteiger partial charge on any atom is -0.395 e. The number of rotatable bonds is 4. The molecule has 0 saturated carbocycles. The van der Waals surface area contributed by atoms with Crippen LogP contribution in [0.15, 0.2) is 0 Å². The molecule has 0 aromatic rings. The quantitative estimate of drug-likeness (QED) is 0.363. The number of hydrogen-bond acceptors (Lipinski definition) is 5. The van der Waals surface area contributed by atoms with Crippen molar-refractivity contribution >= 4 is 17.6 Å². The summed E-state index contributed by atoms with van der Waals surface area (Å²) >= 11 is 4.35. The molecule has 0 unspecified atom stereocenters. The van der Waals surface area contributed by atoms with Crippen molar-refractivity contribution in [3.8, 4) is 0 Å². The maximum atomic E-state index is 8.95. The Hall–Kier alpha value is -0.0700. The van der Waals surface area contributed by atoms with Gasteiger partial charge in [0.25, 0.3) is 0 Å². The van der Waals surface area contributed by atoms with Crippen LogP contribution in [0.5, 0.6) is 0 Å². The smallest absolute Gasteiger partial charge is 0.110 e. The average Bonchev–Trinajstić information content (AvgIpc) is 2.00. The van der Waals surface area contributed by atoms with Crippen LogP contribution in [0.1, 0.15) is 0 Å². The number of thiocarbonyl (C=S) groups is 1. The van der Waals surface area contributed by atoms with E-state index in [1.54, 1.807) is 0 Å². The zero-order chi connectivity index (χ0) is 8.15. The first-order valence-electron chi connectivity index (χ1n) is 2.81. The van der Waals surface area contributed by atoms with E-state index in [1.807, 2.05) is 0 Å². The van der Waals surface area contributed by atoms with Gasteiger partial charge in [-0.2, -0.15) is 0 Å². The van der Waals surface area contributed by atoms with Crippen LogP contribution in [0.25, 0.3) is 0 Å². The summed E-state index contributed by atoms with van der Waals surface area (Å²) in [6, 6.07) is -0.839. The van der Waals surface area contributed by atoms with E-state index >= 15 is 0 Å². The van der Waals surface area contributed by atoms with E-state index in [-0.39, 0.29) is 6.61 Å². The van der Waals surface area contributed by atoms with E-state index in [1.165, 1.54) is 0 Å². The van der Waals surface area contributed by atoms with Gasteiger partial charge in [-0.25, -0.2) is 0 Å². The van der Waals surface area contributed by atoms with Gasteiger partial charge in [-0.3, -0.25) is 0 Å². The first-order chi connectivity index (χ1) is 4.63. The van der Waals surface area contributed by atoms with Gasteiger partial charge in [-0.05, 0) is 0 Å². The van der Waals surface area contributed by atoms with Gasteiger partial charge in [0.05, 0.1) is 12.6 Å². The number of hydrogen-bond donors (Lipinski definition) is 4. The lowest BCUT2D eigenvalue weighted by molar-refractivity contribution is 0.0299. The molecular formula is C5H11NO3S. The first-order valence-corrected chi connectivity index (χ1v) is 3.28. The molecule has 0 saturated heterocycles. The predicted molar refractivity (Wildman–Crippen MR) is 40.7 cm³/mol. The molecule has 0 aromatic carbocycles. The lowest BCUT2D eigenvalue weighted by atomic mass is 10.1. The lowest BCUT2D eigenvalue weighted by Crippen LogP contribution is -2.45. The highest BCUT2D eigenvalue weighted by Gasteiger charge is 2.20. The molecule has 0 aliphatic rings. The molecule has 0 aromatic heterocycles. The van der Waals surface area contributed by atoms with Crippen molar-refractivity contribution in [1.82, 2.24) is 0 Å². The Morgan fingerprint density at radius 3 is 2.30 bits per heavy atom. The summed E-state index contributed by atoms with van der Waals surface area (Å²) in [5, 5.41) is 27.2. The van der Waals surface area contributed by atoms with Crippen LogP contribution in [0.3, 0.4) is 0 Å². The summed E-state index contributed by atoms with van der Waals surface area (Å²) in [5.41, 5.74) is 5.17. The normalized spacial score (nSPS) is 19.6. The molecule has 10 heavy (non-hydrogen) atoms. The predicted octanol–water partition coefficient (Wildman–Crippen LogP) is -1.97. The third-order valence-corrected chi connectivity index (χ3v) is 1.42. The molecule has 0 spiro atoms. The fraction of sp³-hybridized carbons (Fsp3) is 0.800. The fourth-order valence-corrected chi connectivity index (χ4v) is 0.603. The molecule has 60 valence electrons. The Kier molecular flexibility index (Phi) is 4.67. The SMILES string of the molecule is N[C@@H](CO)[C@@H](O)[C@H](O)C=S. The van der Waals surface area contributed by atoms with Gasteiger partial charge in [0.1, 0.15) is 12.2 Å². The molecule has 0 aliphatic heterocycles. The van der Waals surface area contributed by atoms with Crippen LogP contribution in [0, 0.1) is 0 Å². The van der Waals surface area contributed by atoms with Gasteiger partial charge in [-0.1, -0.05) is 12.2 Å². The summed E-state index contributed by atoms with van der Waals surface area (Å²) in [5.74, 6) is 0. The third-order valence-electron chi connectivity index (χ3n) is 1.14. The second-order valence-electron chi connectivity index (χ2n) is 1.96. The molecule has 5 N–H and O–H groups in total. The first kappa shape index (κ1) is 9.93. The largest absolute Gasteiger partial charge is 0.395 e. The van der Waals surface area contributed by atoms with Crippen LogP contribution in [-0.2, 0) is 0 Å². The second-order valence-corrected chi connectivity index (χ2v) is 2.24. The molecule has 0 amide bonds. The summed E-state index contributed by atoms with van der Waals surface area (Å²) in [6.45, 7) is -0.374. The summed E-state index contributed by atoms with van der Waals surface area (Å²) in [4.78, 5) is 0. The molecule has 0 bridgehead atoms. The number of aliphatic hydroxyl groups excluding tert-OH is 3.